The smallest absolute Gasteiger partial charge is 0.207 e. The average molecular weight is 213 g/mol. The molecule has 0 N–H and O–H groups in total. The van der Waals surface area contributed by atoms with Crippen molar-refractivity contribution in [1.82, 2.24) is 14.8 Å². The lowest BCUT2D eigenvalue weighted by molar-refractivity contribution is 0.872. The number of halogens is 2. The second-order valence-electron chi connectivity index (χ2n) is 2.34. The molecule has 0 saturated heterocycles. The molecule has 3 nitrogen and oxygen atoms in total. The molecule has 2 aromatic rings. The summed E-state index contributed by atoms with van der Waals surface area (Å²) < 4.78 is 1.41. The van der Waals surface area contributed by atoms with Crippen LogP contribution in [0.25, 0.3) is 5.69 Å². The molecule has 13 heavy (non-hydrogen) atoms. The van der Waals surface area contributed by atoms with Crippen molar-refractivity contribution in [1.29, 1.82) is 0 Å². The predicted molar refractivity (Wildman–Crippen MR) is 50.2 cm³/mol. The maximum atomic E-state index is 5.92. The lowest BCUT2D eigenvalue weighted by atomic mass is 10.3. The topological polar surface area (TPSA) is 30.7 Å². The van der Waals surface area contributed by atoms with Crippen LogP contribution in [-0.4, -0.2) is 14.8 Å². The first-order chi connectivity index (χ1) is 6.27. The van der Waals surface area contributed by atoms with Gasteiger partial charge >= 0.3 is 0 Å². The van der Waals surface area contributed by atoms with E-state index < -0.39 is 0 Å². The lowest BCUT2D eigenvalue weighted by Crippen LogP contribution is -1.95. The van der Waals surface area contributed by atoms with Gasteiger partial charge in [-0.1, -0.05) is 23.7 Å². The first kappa shape index (κ1) is 8.53. The van der Waals surface area contributed by atoms with Gasteiger partial charge in [-0.2, -0.15) is 4.98 Å². The van der Waals surface area contributed by atoms with Gasteiger partial charge in [0.05, 0.1) is 10.7 Å². The molecule has 0 amide bonds. The highest BCUT2D eigenvalue weighted by Crippen LogP contribution is 2.18. The molecule has 0 atom stereocenters. The Hall–Kier alpha value is -1.06. The molecule has 1 aromatic carbocycles. The predicted octanol–water partition coefficient (Wildman–Crippen LogP) is 2.37. The van der Waals surface area contributed by atoms with Crippen molar-refractivity contribution in [3.05, 3.63) is 40.9 Å². The Morgan fingerprint density at radius 1 is 1.23 bits per heavy atom. The molecule has 2 rings (SSSR count). The fourth-order valence-corrected chi connectivity index (χ4v) is 1.28. The van der Waals surface area contributed by atoms with E-state index in [0.29, 0.717) is 10.7 Å². The maximum Gasteiger partial charge on any atom is 0.243 e. The van der Waals surface area contributed by atoms with E-state index in [1.54, 1.807) is 6.07 Å². The Labute approximate surface area is 84.9 Å². The van der Waals surface area contributed by atoms with Crippen molar-refractivity contribution >= 4 is 23.2 Å². The molecule has 65 valence electrons. The summed E-state index contributed by atoms with van der Waals surface area (Å²) in [5, 5.41) is 4.61. The highest BCUT2D eigenvalue weighted by Gasteiger charge is 2.04. The Balaban J connectivity index is 2.52. The largest absolute Gasteiger partial charge is 0.243 e. The van der Waals surface area contributed by atoms with E-state index in [9.17, 15) is 0 Å². The summed E-state index contributed by atoms with van der Waals surface area (Å²) in [4.78, 5) is 3.67. The molecule has 1 heterocycles. The summed E-state index contributed by atoms with van der Waals surface area (Å²) in [7, 11) is 0. The zero-order valence-corrected chi connectivity index (χ0v) is 7.92. The van der Waals surface area contributed by atoms with E-state index in [4.69, 9.17) is 23.2 Å². The van der Waals surface area contributed by atoms with Crippen molar-refractivity contribution in [2.75, 3.05) is 0 Å². The van der Waals surface area contributed by atoms with E-state index in [-0.39, 0.29) is 5.28 Å². The van der Waals surface area contributed by atoms with Crippen molar-refractivity contribution in [2.24, 2.45) is 0 Å². The van der Waals surface area contributed by atoms with E-state index in [2.05, 4.69) is 16.4 Å². The summed E-state index contributed by atoms with van der Waals surface area (Å²) >= 11 is 11.5. The van der Waals surface area contributed by atoms with Gasteiger partial charge in [0.15, 0.2) is 0 Å². The summed E-state index contributed by atoms with van der Waals surface area (Å²) in [5.74, 6) is 0. The van der Waals surface area contributed by atoms with Crippen LogP contribution in [-0.2, 0) is 0 Å². The number of para-hydroxylation sites is 1. The molecule has 0 aliphatic rings. The summed E-state index contributed by atoms with van der Waals surface area (Å²) in [6.45, 7) is 0. The number of nitrogens with zero attached hydrogens (tertiary/aromatic N) is 3. The van der Waals surface area contributed by atoms with Gasteiger partial charge in [0.2, 0.25) is 11.6 Å². The molecule has 0 unspecified atom stereocenters. The minimum Gasteiger partial charge on any atom is -0.207 e. The van der Waals surface area contributed by atoms with Gasteiger partial charge in [-0.25, -0.2) is 4.68 Å². The normalized spacial score (nSPS) is 10.3. The van der Waals surface area contributed by atoms with Crippen molar-refractivity contribution in [3.63, 3.8) is 0 Å². The van der Waals surface area contributed by atoms with E-state index in [0.717, 1.165) is 0 Å². The molecule has 0 aliphatic carbocycles. The van der Waals surface area contributed by atoms with Gasteiger partial charge in [-0.05, 0) is 23.7 Å². The second kappa shape index (κ2) is 3.36. The third kappa shape index (κ3) is 1.66. The molecule has 0 aliphatic heterocycles. The van der Waals surface area contributed by atoms with Crippen molar-refractivity contribution in [2.45, 2.75) is 0 Å². The summed E-state index contributed by atoms with van der Waals surface area (Å²) in [6.07, 6.45) is 2.60. The van der Waals surface area contributed by atoms with Gasteiger partial charge in [-0.15, -0.1) is 5.10 Å². The standard InChI is InChI=1S/C8H4Cl2N3/c9-6-3-1-2-4-7(6)13-5-11-8(10)12-13/h1-4H. The van der Waals surface area contributed by atoms with Crippen LogP contribution in [0, 0.1) is 6.33 Å². The SMILES string of the molecule is Clc1n[c]n(-c2ccccc2Cl)n1. The van der Waals surface area contributed by atoms with Gasteiger partial charge in [0.25, 0.3) is 0 Å². The van der Waals surface area contributed by atoms with Crippen LogP contribution in [0.15, 0.2) is 24.3 Å². The molecule has 1 aromatic heterocycles. The Kier molecular flexibility index (Phi) is 2.20. The van der Waals surface area contributed by atoms with Crippen LogP contribution in [0.2, 0.25) is 10.3 Å². The van der Waals surface area contributed by atoms with Crippen LogP contribution >= 0.6 is 23.2 Å². The molecule has 1 radical (unpaired) electrons. The van der Waals surface area contributed by atoms with E-state index in [1.807, 2.05) is 18.2 Å². The first-order valence-corrected chi connectivity index (χ1v) is 4.28. The van der Waals surface area contributed by atoms with E-state index >= 15 is 0 Å². The van der Waals surface area contributed by atoms with Gasteiger partial charge < -0.3 is 0 Å². The summed E-state index contributed by atoms with van der Waals surface area (Å²) in [6, 6.07) is 7.26. The Bertz CT molecular complexity index is 425. The van der Waals surface area contributed by atoms with Crippen LogP contribution in [0.5, 0.6) is 0 Å². The summed E-state index contributed by atoms with van der Waals surface area (Å²) in [5.41, 5.74) is 0.712. The molecule has 0 bridgehead atoms. The minimum atomic E-state index is 0.153. The van der Waals surface area contributed by atoms with Crippen molar-refractivity contribution in [3.8, 4) is 5.69 Å². The highest BCUT2D eigenvalue weighted by molar-refractivity contribution is 6.32. The number of aromatic nitrogens is 3. The number of hydrogen-bond donors (Lipinski definition) is 0. The zero-order chi connectivity index (χ0) is 9.26. The molecule has 0 saturated carbocycles. The molecular weight excluding hydrogens is 209 g/mol. The van der Waals surface area contributed by atoms with Crippen LogP contribution in [0.1, 0.15) is 0 Å². The lowest BCUT2D eigenvalue weighted by Gasteiger charge is -2.00. The first-order valence-electron chi connectivity index (χ1n) is 3.52. The fraction of sp³-hybridized carbons (Fsp3) is 0. The number of benzene rings is 1. The maximum absolute atomic E-state index is 5.92. The second-order valence-corrected chi connectivity index (χ2v) is 3.09. The highest BCUT2D eigenvalue weighted by atomic mass is 35.5. The van der Waals surface area contributed by atoms with E-state index in [1.165, 1.54) is 4.68 Å². The number of hydrogen-bond acceptors (Lipinski definition) is 2. The Morgan fingerprint density at radius 2 is 2.00 bits per heavy atom. The average Bonchev–Trinajstić information content (AvgIpc) is 2.53. The Morgan fingerprint density at radius 3 is 2.62 bits per heavy atom. The third-order valence-corrected chi connectivity index (χ3v) is 1.98. The van der Waals surface area contributed by atoms with Gasteiger partial charge in [0.1, 0.15) is 0 Å². The fourth-order valence-electron chi connectivity index (χ4n) is 0.947. The minimum absolute atomic E-state index is 0.153. The van der Waals surface area contributed by atoms with Crippen LogP contribution < -0.4 is 0 Å². The molecular formula is C8H4Cl2N3. The third-order valence-electron chi connectivity index (χ3n) is 1.50. The van der Waals surface area contributed by atoms with Gasteiger partial charge in [-0.3, -0.25) is 0 Å². The molecule has 0 fully saturated rings. The molecule has 5 heteroatoms. The zero-order valence-electron chi connectivity index (χ0n) is 6.41. The quantitative estimate of drug-likeness (QED) is 0.727. The van der Waals surface area contributed by atoms with Crippen molar-refractivity contribution < 1.29 is 0 Å². The van der Waals surface area contributed by atoms with Crippen LogP contribution in [0.3, 0.4) is 0 Å². The van der Waals surface area contributed by atoms with Crippen LogP contribution in [0.4, 0.5) is 0 Å². The number of rotatable bonds is 1. The van der Waals surface area contributed by atoms with Gasteiger partial charge in [0, 0.05) is 0 Å². The molecule has 0 spiro atoms. The monoisotopic (exact) mass is 212 g/mol.